The van der Waals surface area contributed by atoms with Crippen LogP contribution in [0.5, 0.6) is 0 Å². The topological polar surface area (TPSA) is 12.0 Å². The predicted octanol–water partition coefficient (Wildman–Crippen LogP) is 2.66. The first-order valence-corrected chi connectivity index (χ1v) is 6.85. The SMILES string of the molecule is C1CNCCC2(C1)CCCSCC2. The third-order valence-corrected chi connectivity index (χ3v) is 4.74. The van der Waals surface area contributed by atoms with Crippen molar-refractivity contribution in [2.45, 2.75) is 38.5 Å². The molecule has 2 aliphatic heterocycles. The molecule has 2 heterocycles. The summed E-state index contributed by atoms with van der Waals surface area (Å²) in [7, 11) is 0. The highest BCUT2D eigenvalue weighted by Crippen LogP contribution is 2.41. The lowest BCUT2D eigenvalue weighted by Gasteiger charge is -2.30. The van der Waals surface area contributed by atoms with Crippen LogP contribution in [0.15, 0.2) is 0 Å². The summed E-state index contributed by atoms with van der Waals surface area (Å²) < 4.78 is 0. The van der Waals surface area contributed by atoms with Gasteiger partial charge in [0, 0.05) is 0 Å². The molecule has 2 rings (SSSR count). The summed E-state index contributed by atoms with van der Waals surface area (Å²) in [5.74, 6) is 2.83. The predicted molar refractivity (Wildman–Crippen MR) is 60.3 cm³/mol. The van der Waals surface area contributed by atoms with Gasteiger partial charge < -0.3 is 5.32 Å². The highest BCUT2D eigenvalue weighted by Gasteiger charge is 2.31. The zero-order valence-electron chi connectivity index (χ0n) is 8.48. The van der Waals surface area contributed by atoms with Crippen molar-refractivity contribution in [1.82, 2.24) is 5.32 Å². The first kappa shape index (κ1) is 9.85. The van der Waals surface area contributed by atoms with Crippen molar-refractivity contribution in [1.29, 1.82) is 0 Å². The van der Waals surface area contributed by atoms with Crippen LogP contribution < -0.4 is 5.32 Å². The van der Waals surface area contributed by atoms with Gasteiger partial charge in [-0.1, -0.05) is 0 Å². The molecule has 0 aromatic heterocycles. The number of rotatable bonds is 0. The Morgan fingerprint density at radius 3 is 2.77 bits per heavy atom. The van der Waals surface area contributed by atoms with Crippen molar-refractivity contribution in [2.24, 2.45) is 5.41 Å². The maximum absolute atomic E-state index is 3.53. The third-order valence-electron chi connectivity index (χ3n) is 3.67. The molecule has 1 unspecified atom stereocenters. The second-order valence-electron chi connectivity index (χ2n) is 4.57. The van der Waals surface area contributed by atoms with Crippen LogP contribution in [0.2, 0.25) is 0 Å². The van der Waals surface area contributed by atoms with Gasteiger partial charge in [0.05, 0.1) is 0 Å². The number of hydrogen-bond donors (Lipinski definition) is 1. The van der Waals surface area contributed by atoms with Crippen molar-refractivity contribution >= 4 is 11.8 Å². The molecule has 2 heteroatoms. The smallest absolute Gasteiger partial charge is 0.00436 e. The Hall–Kier alpha value is 0.310. The summed E-state index contributed by atoms with van der Waals surface area (Å²) in [6, 6.07) is 0. The number of hydrogen-bond acceptors (Lipinski definition) is 2. The monoisotopic (exact) mass is 199 g/mol. The molecule has 0 aromatic rings. The van der Waals surface area contributed by atoms with Gasteiger partial charge in [0.15, 0.2) is 0 Å². The lowest BCUT2D eigenvalue weighted by atomic mass is 9.75. The summed E-state index contributed by atoms with van der Waals surface area (Å²) in [6.07, 6.45) is 8.78. The molecule has 0 saturated carbocycles. The quantitative estimate of drug-likeness (QED) is 0.644. The average Bonchev–Trinajstić information content (AvgIpc) is 2.50. The summed E-state index contributed by atoms with van der Waals surface area (Å²) in [5, 5.41) is 3.53. The Morgan fingerprint density at radius 1 is 0.846 bits per heavy atom. The molecular formula is C11H21NS. The minimum atomic E-state index is 0.743. The Balaban J connectivity index is 1.97. The van der Waals surface area contributed by atoms with Crippen LogP contribution in [0.3, 0.4) is 0 Å². The number of nitrogens with one attached hydrogen (secondary N) is 1. The van der Waals surface area contributed by atoms with E-state index in [1.807, 2.05) is 0 Å². The van der Waals surface area contributed by atoms with Crippen molar-refractivity contribution in [3.8, 4) is 0 Å². The average molecular weight is 199 g/mol. The van der Waals surface area contributed by atoms with Crippen molar-refractivity contribution in [2.75, 3.05) is 24.6 Å². The fourth-order valence-corrected chi connectivity index (χ4v) is 3.89. The highest BCUT2D eigenvalue weighted by molar-refractivity contribution is 7.99. The van der Waals surface area contributed by atoms with Crippen LogP contribution in [-0.4, -0.2) is 24.6 Å². The van der Waals surface area contributed by atoms with Crippen molar-refractivity contribution in [3.05, 3.63) is 0 Å². The van der Waals surface area contributed by atoms with Crippen LogP contribution in [0.1, 0.15) is 38.5 Å². The van der Waals surface area contributed by atoms with Crippen LogP contribution in [0.4, 0.5) is 0 Å². The Bertz CT molecular complexity index is 121. The molecule has 1 nitrogen and oxygen atoms in total. The normalized spacial score (nSPS) is 36.9. The first-order valence-electron chi connectivity index (χ1n) is 5.70. The maximum atomic E-state index is 3.53. The largest absolute Gasteiger partial charge is 0.317 e. The van der Waals surface area contributed by atoms with Gasteiger partial charge in [-0.25, -0.2) is 0 Å². The van der Waals surface area contributed by atoms with Crippen LogP contribution in [0, 0.1) is 5.41 Å². The van der Waals surface area contributed by atoms with Gasteiger partial charge in [-0.15, -0.1) is 0 Å². The molecule has 2 saturated heterocycles. The molecule has 1 N–H and O–H groups in total. The van der Waals surface area contributed by atoms with E-state index in [-0.39, 0.29) is 0 Å². The van der Waals surface area contributed by atoms with E-state index in [0.717, 1.165) is 5.41 Å². The Labute approximate surface area is 86.0 Å². The molecule has 13 heavy (non-hydrogen) atoms. The molecule has 0 aromatic carbocycles. The summed E-state index contributed by atoms with van der Waals surface area (Å²) >= 11 is 2.17. The van der Waals surface area contributed by atoms with Crippen molar-refractivity contribution < 1.29 is 0 Å². The Morgan fingerprint density at radius 2 is 1.77 bits per heavy atom. The van der Waals surface area contributed by atoms with Gasteiger partial charge in [-0.3, -0.25) is 0 Å². The zero-order chi connectivity index (χ0) is 8.99. The molecular weight excluding hydrogens is 178 g/mol. The van der Waals surface area contributed by atoms with E-state index < -0.39 is 0 Å². The van der Waals surface area contributed by atoms with E-state index in [2.05, 4.69) is 17.1 Å². The number of thioether (sulfide) groups is 1. The second-order valence-corrected chi connectivity index (χ2v) is 5.79. The second kappa shape index (κ2) is 4.70. The highest BCUT2D eigenvalue weighted by atomic mass is 32.2. The fourth-order valence-electron chi connectivity index (χ4n) is 2.76. The molecule has 1 atom stereocenters. The minimum Gasteiger partial charge on any atom is -0.317 e. The van der Waals surface area contributed by atoms with E-state index in [4.69, 9.17) is 0 Å². The summed E-state index contributed by atoms with van der Waals surface area (Å²) in [6.45, 7) is 2.53. The molecule has 0 aliphatic carbocycles. The van der Waals surface area contributed by atoms with E-state index in [0.29, 0.717) is 0 Å². The Kier molecular flexibility index (Phi) is 3.56. The van der Waals surface area contributed by atoms with Gasteiger partial charge in [0.2, 0.25) is 0 Å². The minimum absolute atomic E-state index is 0.743. The zero-order valence-corrected chi connectivity index (χ0v) is 9.30. The van der Waals surface area contributed by atoms with Gasteiger partial charge in [-0.2, -0.15) is 11.8 Å². The molecule has 0 amide bonds. The summed E-state index contributed by atoms with van der Waals surface area (Å²) in [4.78, 5) is 0. The summed E-state index contributed by atoms with van der Waals surface area (Å²) in [5.41, 5.74) is 0.743. The third kappa shape index (κ3) is 2.63. The maximum Gasteiger partial charge on any atom is -0.00436 e. The van der Waals surface area contributed by atoms with Gasteiger partial charge in [-0.05, 0) is 68.5 Å². The molecule has 1 spiro atoms. The molecule has 0 radical (unpaired) electrons. The fraction of sp³-hybridized carbons (Fsp3) is 1.00. The van der Waals surface area contributed by atoms with Crippen LogP contribution in [-0.2, 0) is 0 Å². The lowest BCUT2D eigenvalue weighted by Crippen LogP contribution is -2.23. The van der Waals surface area contributed by atoms with Gasteiger partial charge in [0.1, 0.15) is 0 Å². The van der Waals surface area contributed by atoms with Crippen LogP contribution in [0.25, 0.3) is 0 Å². The van der Waals surface area contributed by atoms with E-state index in [1.54, 1.807) is 0 Å². The van der Waals surface area contributed by atoms with Gasteiger partial charge in [0.25, 0.3) is 0 Å². The molecule has 2 fully saturated rings. The van der Waals surface area contributed by atoms with E-state index in [1.165, 1.54) is 63.1 Å². The van der Waals surface area contributed by atoms with Gasteiger partial charge >= 0.3 is 0 Å². The molecule has 76 valence electrons. The molecule has 2 aliphatic rings. The molecule has 0 bridgehead atoms. The van der Waals surface area contributed by atoms with E-state index in [9.17, 15) is 0 Å². The lowest BCUT2D eigenvalue weighted by molar-refractivity contribution is 0.223. The van der Waals surface area contributed by atoms with Crippen LogP contribution >= 0.6 is 11.8 Å². The first-order chi connectivity index (χ1) is 6.41. The van der Waals surface area contributed by atoms with Crippen molar-refractivity contribution in [3.63, 3.8) is 0 Å². The van der Waals surface area contributed by atoms with E-state index >= 15 is 0 Å². The standard InChI is InChI=1S/C11H21NS/c1-3-11(5-8-12-7-1)4-2-9-13-10-6-11/h12H,1-10H2.